The number of hydrogen-bond acceptors (Lipinski definition) is 3. The molecule has 0 fully saturated rings. The van der Waals surface area contributed by atoms with Gasteiger partial charge >= 0.3 is 12.0 Å². The molecule has 1 aromatic carbocycles. The van der Waals surface area contributed by atoms with Crippen molar-refractivity contribution in [3.05, 3.63) is 27.7 Å². The van der Waals surface area contributed by atoms with Crippen LogP contribution >= 0.6 is 23.2 Å². The third-order valence-corrected chi connectivity index (χ3v) is 3.15. The standard InChI is InChI=1S/C12H14Cl2N2O4/c1-6-3-8(14)9(4-7(6)13)15-12(19)16-10(5-20-2)11(17)18/h3-4,10H,5H2,1-2H3,(H,17,18)(H2,15,16,19). The second-order valence-corrected chi connectivity index (χ2v) is 4.84. The van der Waals surface area contributed by atoms with Crippen LogP contribution in [0, 0.1) is 6.92 Å². The lowest BCUT2D eigenvalue weighted by atomic mass is 10.2. The van der Waals surface area contributed by atoms with Crippen LogP contribution in [-0.2, 0) is 9.53 Å². The number of amides is 2. The van der Waals surface area contributed by atoms with Crippen molar-refractivity contribution in [3.63, 3.8) is 0 Å². The Balaban J connectivity index is 2.75. The van der Waals surface area contributed by atoms with Gasteiger partial charge in [-0.1, -0.05) is 23.2 Å². The van der Waals surface area contributed by atoms with Crippen molar-refractivity contribution in [1.29, 1.82) is 0 Å². The fraction of sp³-hybridized carbons (Fsp3) is 0.333. The number of hydrogen-bond donors (Lipinski definition) is 3. The van der Waals surface area contributed by atoms with E-state index in [1.165, 1.54) is 13.2 Å². The van der Waals surface area contributed by atoms with Crippen LogP contribution < -0.4 is 10.6 Å². The summed E-state index contributed by atoms with van der Waals surface area (Å²) in [4.78, 5) is 22.6. The number of nitrogens with one attached hydrogen (secondary N) is 2. The molecule has 0 saturated heterocycles. The highest BCUT2D eigenvalue weighted by Crippen LogP contribution is 2.28. The maximum atomic E-state index is 11.7. The van der Waals surface area contributed by atoms with Crippen molar-refractivity contribution in [2.75, 3.05) is 19.0 Å². The van der Waals surface area contributed by atoms with Crippen molar-refractivity contribution in [2.24, 2.45) is 0 Å². The molecule has 0 aromatic heterocycles. The summed E-state index contributed by atoms with van der Waals surface area (Å²) in [6.45, 7) is 1.63. The number of aliphatic carboxylic acids is 1. The third kappa shape index (κ3) is 4.56. The maximum absolute atomic E-state index is 11.7. The van der Waals surface area contributed by atoms with Crippen molar-refractivity contribution >= 4 is 40.9 Å². The summed E-state index contributed by atoms with van der Waals surface area (Å²) in [6.07, 6.45) is 0. The molecule has 1 unspecified atom stereocenters. The Hall–Kier alpha value is -1.50. The lowest BCUT2D eigenvalue weighted by Gasteiger charge is -2.15. The number of carbonyl (C=O) groups excluding carboxylic acids is 1. The molecule has 0 aliphatic heterocycles. The predicted octanol–water partition coefficient (Wildman–Crippen LogP) is 2.52. The highest BCUT2D eigenvalue weighted by molar-refractivity contribution is 6.36. The molecule has 1 aromatic rings. The molecular weight excluding hydrogens is 307 g/mol. The smallest absolute Gasteiger partial charge is 0.328 e. The van der Waals surface area contributed by atoms with Crippen molar-refractivity contribution < 1.29 is 19.4 Å². The average molecular weight is 321 g/mol. The minimum absolute atomic E-state index is 0.148. The van der Waals surface area contributed by atoms with E-state index in [0.717, 1.165) is 5.56 Å². The first-order valence-electron chi connectivity index (χ1n) is 5.60. The number of aryl methyl sites for hydroxylation is 1. The largest absolute Gasteiger partial charge is 0.480 e. The van der Waals surface area contributed by atoms with Gasteiger partial charge in [-0.25, -0.2) is 9.59 Å². The normalized spacial score (nSPS) is 11.8. The molecule has 0 saturated carbocycles. The molecule has 1 atom stereocenters. The van der Waals surface area contributed by atoms with E-state index in [9.17, 15) is 9.59 Å². The Morgan fingerprint density at radius 3 is 2.55 bits per heavy atom. The van der Waals surface area contributed by atoms with Crippen LogP contribution in [0.5, 0.6) is 0 Å². The SMILES string of the molecule is COCC(NC(=O)Nc1cc(Cl)c(C)cc1Cl)C(=O)O. The fourth-order valence-electron chi connectivity index (χ4n) is 1.40. The number of halogens is 2. The van der Waals surface area contributed by atoms with Crippen LogP contribution in [0.1, 0.15) is 5.56 Å². The molecule has 0 aliphatic carbocycles. The van der Waals surface area contributed by atoms with Gasteiger partial charge in [0.05, 0.1) is 17.3 Å². The molecule has 1 rings (SSSR count). The van der Waals surface area contributed by atoms with Crippen LogP contribution in [0.4, 0.5) is 10.5 Å². The van der Waals surface area contributed by atoms with Gasteiger partial charge in [0.2, 0.25) is 0 Å². The molecule has 110 valence electrons. The summed E-state index contributed by atoms with van der Waals surface area (Å²) in [7, 11) is 1.34. The first-order chi connectivity index (χ1) is 9.35. The number of carboxylic acid groups (broad SMARTS) is 1. The molecular formula is C12H14Cl2N2O4. The highest BCUT2D eigenvalue weighted by Gasteiger charge is 2.20. The zero-order valence-electron chi connectivity index (χ0n) is 10.9. The summed E-state index contributed by atoms with van der Waals surface area (Å²) in [6, 6.07) is 1.23. The molecule has 0 heterocycles. The van der Waals surface area contributed by atoms with Crippen molar-refractivity contribution in [2.45, 2.75) is 13.0 Å². The Labute approximate surface area is 126 Å². The van der Waals surface area contributed by atoms with Gasteiger partial charge in [0, 0.05) is 12.1 Å². The van der Waals surface area contributed by atoms with E-state index in [4.69, 9.17) is 33.0 Å². The van der Waals surface area contributed by atoms with E-state index in [1.54, 1.807) is 13.0 Å². The Bertz CT molecular complexity index is 522. The minimum atomic E-state index is -1.20. The molecule has 0 aliphatic rings. The topological polar surface area (TPSA) is 87.7 Å². The van der Waals surface area contributed by atoms with E-state index < -0.39 is 18.0 Å². The second-order valence-electron chi connectivity index (χ2n) is 4.03. The summed E-state index contributed by atoms with van der Waals surface area (Å²) in [5.74, 6) is -1.20. The first kappa shape index (κ1) is 16.6. The fourth-order valence-corrected chi connectivity index (χ4v) is 1.83. The van der Waals surface area contributed by atoms with Gasteiger partial charge in [-0.3, -0.25) is 0 Å². The number of carbonyl (C=O) groups is 2. The Kier molecular flexibility index (Phi) is 6.06. The molecule has 20 heavy (non-hydrogen) atoms. The van der Waals surface area contributed by atoms with Gasteiger partial charge in [-0.2, -0.15) is 0 Å². The van der Waals surface area contributed by atoms with Crippen LogP contribution in [0.3, 0.4) is 0 Å². The van der Waals surface area contributed by atoms with E-state index in [0.29, 0.717) is 15.7 Å². The van der Waals surface area contributed by atoms with E-state index in [2.05, 4.69) is 10.6 Å². The molecule has 3 N–H and O–H groups in total. The molecule has 2 amide bonds. The molecule has 6 nitrogen and oxygen atoms in total. The van der Waals surface area contributed by atoms with E-state index >= 15 is 0 Å². The Morgan fingerprint density at radius 1 is 1.35 bits per heavy atom. The molecule has 0 bridgehead atoms. The van der Waals surface area contributed by atoms with Gasteiger partial charge < -0.3 is 20.5 Å². The first-order valence-corrected chi connectivity index (χ1v) is 6.35. The van der Waals surface area contributed by atoms with Crippen LogP contribution in [0.15, 0.2) is 12.1 Å². The lowest BCUT2D eigenvalue weighted by molar-refractivity contribution is -0.140. The number of ether oxygens (including phenoxy) is 1. The van der Waals surface area contributed by atoms with Crippen LogP contribution in [0.25, 0.3) is 0 Å². The summed E-state index contributed by atoms with van der Waals surface area (Å²) in [5.41, 5.74) is 1.06. The number of anilines is 1. The molecule has 8 heteroatoms. The van der Waals surface area contributed by atoms with Gasteiger partial charge in [0.25, 0.3) is 0 Å². The van der Waals surface area contributed by atoms with Gasteiger partial charge in [0.15, 0.2) is 6.04 Å². The third-order valence-electron chi connectivity index (χ3n) is 2.43. The van der Waals surface area contributed by atoms with Crippen LogP contribution in [-0.4, -0.2) is 36.9 Å². The zero-order chi connectivity index (χ0) is 15.3. The Morgan fingerprint density at radius 2 is 2.00 bits per heavy atom. The van der Waals surface area contributed by atoms with E-state index in [-0.39, 0.29) is 6.61 Å². The quantitative estimate of drug-likeness (QED) is 0.777. The summed E-state index contributed by atoms with van der Waals surface area (Å²) < 4.78 is 4.70. The number of urea groups is 1. The number of benzene rings is 1. The van der Waals surface area contributed by atoms with E-state index in [1.807, 2.05) is 0 Å². The predicted molar refractivity (Wildman–Crippen MR) is 76.7 cm³/mol. The van der Waals surface area contributed by atoms with Crippen LogP contribution in [0.2, 0.25) is 10.0 Å². The van der Waals surface area contributed by atoms with Gasteiger partial charge in [-0.05, 0) is 24.6 Å². The second kappa shape index (κ2) is 7.33. The average Bonchev–Trinajstić information content (AvgIpc) is 2.35. The van der Waals surface area contributed by atoms with Crippen molar-refractivity contribution in [1.82, 2.24) is 5.32 Å². The summed E-state index contributed by atoms with van der Waals surface area (Å²) in [5, 5.41) is 14.3. The lowest BCUT2D eigenvalue weighted by Crippen LogP contribution is -2.45. The van der Waals surface area contributed by atoms with Gasteiger partial charge in [-0.15, -0.1) is 0 Å². The zero-order valence-corrected chi connectivity index (χ0v) is 12.4. The number of methoxy groups -OCH3 is 1. The van der Waals surface area contributed by atoms with Gasteiger partial charge in [0.1, 0.15) is 0 Å². The number of rotatable bonds is 5. The highest BCUT2D eigenvalue weighted by atomic mass is 35.5. The number of carboxylic acids is 1. The minimum Gasteiger partial charge on any atom is -0.480 e. The maximum Gasteiger partial charge on any atom is 0.328 e. The summed E-state index contributed by atoms with van der Waals surface area (Å²) >= 11 is 11.9. The monoisotopic (exact) mass is 320 g/mol. The molecule has 0 spiro atoms. The van der Waals surface area contributed by atoms with Crippen molar-refractivity contribution in [3.8, 4) is 0 Å². The molecule has 0 radical (unpaired) electrons.